The van der Waals surface area contributed by atoms with E-state index in [1.165, 1.54) is 37.7 Å². The molecule has 0 amide bonds. The Morgan fingerprint density at radius 2 is 1.82 bits per heavy atom. The summed E-state index contributed by atoms with van der Waals surface area (Å²) in [6.45, 7) is 14.4. The Morgan fingerprint density at radius 3 is 2.45 bits per heavy atom. The van der Waals surface area contributed by atoms with Gasteiger partial charge >= 0.3 is 0 Å². The van der Waals surface area contributed by atoms with Gasteiger partial charge in [-0.1, -0.05) is 53.5 Å². The molecule has 22 heavy (non-hydrogen) atoms. The zero-order valence-electron chi connectivity index (χ0n) is 15.5. The van der Waals surface area contributed by atoms with Gasteiger partial charge in [0.2, 0.25) is 0 Å². The summed E-state index contributed by atoms with van der Waals surface area (Å²) in [6, 6.07) is 0. The van der Waals surface area contributed by atoms with E-state index in [4.69, 9.17) is 0 Å². The number of carbonyl (C=O) groups is 1. The number of allylic oxidation sites excluding steroid dienone is 2. The molecular weight excluding hydrogens is 268 g/mol. The predicted octanol–water partition coefficient (Wildman–Crippen LogP) is 5.79. The van der Waals surface area contributed by atoms with Crippen molar-refractivity contribution >= 4 is 5.78 Å². The van der Waals surface area contributed by atoms with Crippen molar-refractivity contribution in [3.8, 4) is 0 Å². The molecule has 3 rings (SSSR count). The number of rotatable bonds is 1. The number of fused-ring (bicyclic) bond motifs is 3. The van der Waals surface area contributed by atoms with E-state index in [0.717, 1.165) is 6.42 Å². The first-order valence-electron chi connectivity index (χ1n) is 9.47. The summed E-state index contributed by atoms with van der Waals surface area (Å²) in [5.74, 6) is 1.93. The Bertz CT molecular complexity index is 518. The lowest BCUT2D eigenvalue weighted by Crippen LogP contribution is -2.58. The number of hydrogen-bond acceptors (Lipinski definition) is 1. The lowest BCUT2D eigenvalue weighted by molar-refractivity contribution is -0.140. The zero-order valence-corrected chi connectivity index (χ0v) is 15.5. The summed E-state index contributed by atoms with van der Waals surface area (Å²) in [5, 5.41) is 0. The van der Waals surface area contributed by atoms with Gasteiger partial charge in [0.1, 0.15) is 0 Å². The highest BCUT2D eigenvalue weighted by Gasteiger charge is 2.62. The Balaban J connectivity index is 2.19. The quantitative estimate of drug-likeness (QED) is 0.599. The summed E-state index contributed by atoms with van der Waals surface area (Å²) in [4.78, 5) is 13.1. The first-order valence-corrected chi connectivity index (χ1v) is 9.47. The normalized spacial score (nSPS) is 51.8. The molecule has 1 nitrogen and oxygen atoms in total. The molecule has 3 aliphatic rings. The minimum absolute atomic E-state index is 0.169. The highest BCUT2D eigenvalue weighted by Crippen LogP contribution is 2.68. The third kappa shape index (κ3) is 1.80. The topological polar surface area (TPSA) is 17.1 Å². The van der Waals surface area contributed by atoms with Crippen molar-refractivity contribution < 1.29 is 4.79 Å². The van der Waals surface area contributed by atoms with E-state index in [1.807, 2.05) is 0 Å². The maximum atomic E-state index is 13.1. The van der Waals surface area contributed by atoms with Crippen LogP contribution in [0.25, 0.3) is 0 Å². The molecule has 0 spiro atoms. The summed E-state index contributed by atoms with van der Waals surface area (Å²) in [6.07, 6.45) is 9.60. The fourth-order valence-electron chi connectivity index (χ4n) is 6.50. The molecule has 0 aromatic carbocycles. The van der Waals surface area contributed by atoms with Crippen LogP contribution < -0.4 is 0 Å². The second-order valence-electron chi connectivity index (χ2n) is 9.27. The van der Waals surface area contributed by atoms with Crippen LogP contribution in [0.5, 0.6) is 0 Å². The van der Waals surface area contributed by atoms with Crippen molar-refractivity contribution in [3.05, 3.63) is 11.6 Å². The largest absolute Gasteiger partial charge is 0.295 e. The second-order valence-corrected chi connectivity index (χ2v) is 9.27. The molecule has 124 valence electrons. The van der Waals surface area contributed by atoms with Gasteiger partial charge < -0.3 is 0 Å². The van der Waals surface area contributed by atoms with Crippen molar-refractivity contribution in [1.82, 2.24) is 0 Å². The number of carbonyl (C=O) groups excluding carboxylic acids is 1. The Labute approximate surface area is 136 Å². The smallest absolute Gasteiger partial charge is 0.159 e. The standard InChI is InChI=1S/C21H34O/c1-7-19(4)15(3)10-12-20(5)17(19)13-16(22)18-14(2)9-8-11-21(18,20)6/h13-15,18H,7-12H2,1-6H3/t14-,15?,18+,19-,20+,21+/m0/s1. The summed E-state index contributed by atoms with van der Waals surface area (Å²) in [7, 11) is 0. The zero-order chi connectivity index (χ0) is 16.3. The number of ketones is 1. The molecule has 2 fully saturated rings. The molecule has 0 bridgehead atoms. The van der Waals surface area contributed by atoms with Crippen LogP contribution in [-0.2, 0) is 4.79 Å². The van der Waals surface area contributed by atoms with Gasteiger partial charge in [0.25, 0.3) is 0 Å². The van der Waals surface area contributed by atoms with Gasteiger partial charge in [-0.2, -0.15) is 0 Å². The van der Waals surface area contributed by atoms with Crippen LogP contribution in [0.2, 0.25) is 0 Å². The molecule has 6 atom stereocenters. The molecule has 1 unspecified atom stereocenters. The van der Waals surface area contributed by atoms with Crippen LogP contribution in [0.4, 0.5) is 0 Å². The van der Waals surface area contributed by atoms with Gasteiger partial charge in [-0.15, -0.1) is 0 Å². The molecule has 0 saturated heterocycles. The fourth-order valence-corrected chi connectivity index (χ4v) is 6.50. The fraction of sp³-hybridized carbons (Fsp3) is 0.857. The molecule has 0 aromatic heterocycles. The average molecular weight is 303 g/mol. The monoisotopic (exact) mass is 302 g/mol. The van der Waals surface area contributed by atoms with Gasteiger partial charge in [-0.05, 0) is 66.3 Å². The third-order valence-corrected chi connectivity index (χ3v) is 8.57. The Morgan fingerprint density at radius 1 is 1.14 bits per heavy atom. The van der Waals surface area contributed by atoms with Crippen LogP contribution in [0.3, 0.4) is 0 Å². The molecule has 0 heterocycles. The molecule has 0 N–H and O–H groups in total. The molecule has 3 aliphatic carbocycles. The lowest BCUT2D eigenvalue weighted by atomic mass is 9.39. The van der Waals surface area contributed by atoms with Crippen molar-refractivity contribution in [2.45, 2.75) is 80.1 Å². The van der Waals surface area contributed by atoms with E-state index < -0.39 is 0 Å². The highest BCUT2D eigenvalue weighted by molar-refractivity contribution is 5.95. The van der Waals surface area contributed by atoms with Crippen molar-refractivity contribution in [2.75, 3.05) is 0 Å². The van der Waals surface area contributed by atoms with Crippen LogP contribution in [-0.4, -0.2) is 5.78 Å². The summed E-state index contributed by atoms with van der Waals surface area (Å²) < 4.78 is 0. The SMILES string of the molecule is CC[C@]1(C)C2=CC(=O)[C@H]3[C@@H](C)CCC[C@@]3(C)[C@]2(C)CCC1C. The first-order chi connectivity index (χ1) is 10.2. The van der Waals surface area contributed by atoms with E-state index in [1.54, 1.807) is 0 Å². The summed E-state index contributed by atoms with van der Waals surface area (Å²) in [5.41, 5.74) is 2.09. The molecule has 1 heteroatoms. The van der Waals surface area contributed by atoms with Gasteiger partial charge in [0, 0.05) is 5.92 Å². The van der Waals surface area contributed by atoms with Crippen LogP contribution in [0.1, 0.15) is 80.1 Å². The van der Waals surface area contributed by atoms with Crippen molar-refractivity contribution in [3.63, 3.8) is 0 Å². The van der Waals surface area contributed by atoms with Crippen LogP contribution >= 0.6 is 0 Å². The predicted molar refractivity (Wildman–Crippen MR) is 92.6 cm³/mol. The van der Waals surface area contributed by atoms with Crippen molar-refractivity contribution in [2.24, 2.45) is 34.0 Å². The maximum absolute atomic E-state index is 13.1. The molecule has 0 radical (unpaired) electrons. The van der Waals surface area contributed by atoms with Gasteiger partial charge in [0.15, 0.2) is 5.78 Å². The Kier molecular flexibility index (Phi) is 3.66. The van der Waals surface area contributed by atoms with Crippen LogP contribution in [0.15, 0.2) is 11.6 Å². The minimum atomic E-state index is 0.169. The number of hydrogen-bond donors (Lipinski definition) is 0. The first kappa shape index (κ1) is 16.3. The minimum Gasteiger partial charge on any atom is -0.295 e. The third-order valence-electron chi connectivity index (χ3n) is 8.57. The van der Waals surface area contributed by atoms with Gasteiger partial charge in [-0.25, -0.2) is 0 Å². The van der Waals surface area contributed by atoms with Crippen molar-refractivity contribution in [1.29, 1.82) is 0 Å². The van der Waals surface area contributed by atoms with E-state index in [2.05, 4.69) is 47.6 Å². The van der Waals surface area contributed by atoms with E-state index in [0.29, 0.717) is 17.6 Å². The second kappa shape index (κ2) is 4.95. The average Bonchev–Trinajstić information content (AvgIpc) is 2.46. The highest BCUT2D eigenvalue weighted by atomic mass is 16.1. The molecule has 2 saturated carbocycles. The lowest BCUT2D eigenvalue weighted by Gasteiger charge is -2.64. The van der Waals surface area contributed by atoms with Crippen LogP contribution in [0, 0.1) is 34.0 Å². The molecule has 0 aromatic rings. The Hall–Kier alpha value is -0.590. The van der Waals surface area contributed by atoms with Gasteiger partial charge in [0.05, 0.1) is 0 Å². The van der Waals surface area contributed by atoms with E-state index in [9.17, 15) is 4.79 Å². The maximum Gasteiger partial charge on any atom is 0.159 e. The molecule has 0 aliphatic heterocycles. The summed E-state index contributed by atoms with van der Waals surface area (Å²) >= 11 is 0. The van der Waals surface area contributed by atoms with E-state index in [-0.39, 0.29) is 22.2 Å². The molecular formula is C21H34O. The van der Waals surface area contributed by atoms with E-state index >= 15 is 0 Å². The van der Waals surface area contributed by atoms with Gasteiger partial charge in [-0.3, -0.25) is 4.79 Å².